The Bertz CT molecular complexity index is 806. The van der Waals surface area contributed by atoms with Crippen molar-refractivity contribution < 1.29 is 18.9 Å². The molecule has 0 aliphatic rings. The van der Waals surface area contributed by atoms with Gasteiger partial charge in [-0.25, -0.2) is 0 Å². The number of hydrogen-bond donors (Lipinski definition) is 0. The van der Waals surface area contributed by atoms with E-state index in [9.17, 15) is 0 Å². The molecule has 0 saturated carbocycles. The highest BCUT2D eigenvalue weighted by atomic mass is 79.9. The molecule has 24 heavy (non-hydrogen) atoms. The second kappa shape index (κ2) is 7.70. The standard InChI is InChI=1S/C18H16Br2O4/c1-21-9-23-15-5-3-11-8-14-12(7-13(11)17(15)19)4-6-16(18(14)20)24-10-22-2/h3-8H,9-10H2,1-2H3. The minimum absolute atomic E-state index is 0.212. The number of ether oxygens (including phenoxy) is 4. The summed E-state index contributed by atoms with van der Waals surface area (Å²) >= 11 is 7.26. The van der Waals surface area contributed by atoms with E-state index in [-0.39, 0.29) is 13.6 Å². The summed E-state index contributed by atoms with van der Waals surface area (Å²) in [6.07, 6.45) is 0. The number of benzene rings is 3. The van der Waals surface area contributed by atoms with E-state index in [1.54, 1.807) is 14.2 Å². The summed E-state index contributed by atoms with van der Waals surface area (Å²) in [6, 6.07) is 12.2. The Hall–Kier alpha value is -1.34. The predicted octanol–water partition coefficient (Wildman–Crippen LogP) is 5.48. The van der Waals surface area contributed by atoms with Gasteiger partial charge in [-0.3, -0.25) is 0 Å². The molecule has 0 aliphatic heterocycles. The molecule has 3 rings (SSSR count). The van der Waals surface area contributed by atoms with Gasteiger partial charge in [-0.2, -0.15) is 0 Å². The van der Waals surface area contributed by atoms with Crippen LogP contribution in [0.5, 0.6) is 11.5 Å². The molecule has 126 valence electrons. The Morgan fingerprint density at radius 1 is 0.708 bits per heavy atom. The second-order valence-electron chi connectivity index (χ2n) is 5.15. The SMILES string of the molecule is COCOc1ccc2cc3c(Br)c(OCOC)ccc3cc2c1Br. The van der Waals surface area contributed by atoms with Gasteiger partial charge in [0.15, 0.2) is 13.6 Å². The third-order valence-corrected chi connectivity index (χ3v) is 5.26. The van der Waals surface area contributed by atoms with Crippen molar-refractivity contribution in [1.29, 1.82) is 0 Å². The molecule has 0 aliphatic carbocycles. The van der Waals surface area contributed by atoms with Crippen molar-refractivity contribution in [3.05, 3.63) is 45.3 Å². The van der Waals surface area contributed by atoms with E-state index in [1.807, 2.05) is 24.3 Å². The molecular weight excluding hydrogens is 440 g/mol. The van der Waals surface area contributed by atoms with Crippen LogP contribution in [0.15, 0.2) is 45.3 Å². The van der Waals surface area contributed by atoms with E-state index in [0.717, 1.165) is 42.0 Å². The lowest BCUT2D eigenvalue weighted by molar-refractivity contribution is 0.0505. The van der Waals surface area contributed by atoms with Gasteiger partial charge in [-0.15, -0.1) is 0 Å². The predicted molar refractivity (Wildman–Crippen MR) is 102 cm³/mol. The quantitative estimate of drug-likeness (QED) is 0.364. The minimum Gasteiger partial charge on any atom is -0.466 e. The molecule has 0 fully saturated rings. The minimum atomic E-state index is 0.212. The molecule has 0 saturated heterocycles. The van der Waals surface area contributed by atoms with Crippen LogP contribution in [0.1, 0.15) is 0 Å². The summed E-state index contributed by atoms with van der Waals surface area (Å²) in [7, 11) is 3.20. The zero-order valence-corrected chi connectivity index (χ0v) is 16.4. The number of methoxy groups -OCH3 is 2. The highest BCUT2D eigenvalue weighted by Gasteiger charge is 2.11. The Labute approximate surface area is 156 Å². The van der Waals surface area contributed by atoms with Gasteiger partial charge in [0.2, 0.25) is 0 Å². The third kappa shape index (κ3) is 3.37. The van der Waals surface area contributed by atoms with Crippen LogP contribution < -0.4 is 9.47 Å². The summed E-state index contributed by atoms with van der Waals surface area (Å²) in [5.74, 6) is 1.51. The van der Waals surface area contributed by atoms with Crippen molar-refractivity contribution >= 4 is 53.4 Å². The molecule has 0 N–H and O–H groups in total. The summed E-state index contributed by atoms with van der Waals surface area (Å²) < 4.78 is 22.9. The average Bonchev–Trinajstić information content (AvgIpc) is 2.60. The zero-order chi connectivity index (χ0) is 17.1. The van der Waals surface area contributed by atoms with Gasteiger partial charge in [0.1, 0.15) is 11.5 Å². The highest BCUT2D eigenvalue weighted by Crippen LogP contribution is 2.39. The van der Waals surface area contributed by atoms with Crippen LogP contribution in [0.4, 0.5) is 0 Å². The molecule has 0 bridgehead atoms. The highest BCUT2D eigenvalue weighted by molar-refractivity contribution is 9.11. The van der Waals surface area contributed by atoms with Gasteiger partial charge in [-0.1, -0.05) is 12.1 Å². The van der Waals surface area contributed by atoms with E-state index in [1.165, 1.54) is 0 Å². The molecule has 0 amide bonds. The first kappa shape index (κ1) is 17.5. The summed E-state index contributed by atoms with van der Waals surface area (Å²) in [6.45, 7) is 0.423. The summed E-state index contributed by atoms with van der Waals surface area (Å²) in [5, 5.41) is 4.36. The van der Waals surface area contributed by atoms with Crippen LogP contribution in [0.2, 0.25) is 0 Å². The van der Waals surface area contributed by atoms with Gasteiger partial charge in [0, 0.05) is 25.0 Å². The maximum absolute atomic E-state index is 5.58. The molecule has 6 heteroatoms. The molecule has 3 aromatic carbocycles. The topological polar surface area (TPSA) is 36.9 Å². The van der Waals surface area contributed by atoms with Crippen LogP contribution in [0, 0.1) is 0 Å². The van der Waals surface area contributed by atoms with E-state index >= 15 is 0 Å². The molecule has 0 unspecified atom stereocenters. The lowest BCUT2D eigenvalue weighted by atomic mass is 10.0. The number of rotatable bonds is 6. The smallest absolute Gasteiger partial charge is 0.188 e. The fraction of sp³-hybridized carbons (Fsp3) is 0.222. The van der Waals surface area contributed by atoms with Gasteiger partial charge in [0.25, 0.3) is 0 Å². The Kier molecular flexibility index (Phi) is 5.61. The molecule has 0 aromatic heterocycles. The number of fused-ring (bicyclic) bond motifs is 2. The first-order chi connectivity index (χ1) is 11.7. The molecule has 4 nitrogen and oxygen atoms in total. The molecule has 0 radical (unpaired) electrons. The van der Waals surface area contributed by atoms with Crippen molar-refractivity contribution in [3.63, 3.8) is 0 Å². The maximum atomic E-state index is 5.58. The van der Waals surface area contributed by atoms with Crippen LogP contribution in [-0.4, -0.2) is 27.8 Å². The van der Waals surface area contributed by atoms with Crippen LogP contribution in [0.3, 0.4) is 0 Å². The zero-order valence-electron chi connectivity index (χ0n) is 13.3. The largest absolute Gasteiger partial charge is 0.466 e. The van der Waals surface area contributed by atoms with Gasteiger partial charge in [0.05, 0.1) is 8.95 Å². The van der Waals surface area contributed by atoms with Gasteiger partial charge >= 0.3 is 0 Å². The Balaban J connectivity index is 2.12. The Morgan fingerprint density at radius 3 is 1.50 bits per heavy atom. The van der Waals surface area contributed by atoms with E-state index < -0.39 is 0 Å². The molecule has 3 aromatic rings. The third-order valence-electron chi connectivity index (χ3n) is 3.62. The molecule has 0 atom stereocenters. The summed E-state index contributed by atoms with van der Waals surface area (Å²) in [4.78, 5) is 0. The van der Waals surface area contributed by atoms with Crippen LogP contribution in [0.25, 0.3) is 21.5 Å². The second-order valence-corrected chi connectivity index (χ2v) is 6.74. The lowest BCUT2D eigenvalue weighted by Gasteiger charge is -2.13. The van der Waals surface area contributed by atoms with Crippen molar-refractivity contribution in [2.45, 2.75) is 0 Å². The van der Waals surface area contributed by atoms with Gasteiger partial charge in [-0.05, 0) is 66.9 Å². The molecule has 0 spiro atoms. The monoisotopic (exact) mass is 454 g/mol. The van der Waals surface area contributed by atoms with E-state index in [4.69, 9.17) is 18.9 Å². The van der Waals surface area contributed by atoms with Crippen molar-refractivity contribution in [2.24, 2.45) is 0 Å². The molecule has 0 heterocycles. The normalized spacial score (nSPS) is 11.2. The number of hydrogen-bond acceptors (Lipinski definition) is 4. The van der Waals surface area contributed by atoms with Crippen molar-refractivity contribution in [2.75, 3.05) is 27.8 Å². The van der Waals surface area contributed by atoms with E-state index in [2.05, 4.69) is 44.0 Å². The fourth-order valence-electron chi connectivity index (χ4n) is 2.50. The first-order valence-corrected chi connectivity index (χ1v) is 8.82. The van der Waals surface area contributed by atoms with Crippen LogP contribution in [-0.2, 0) is 9.47 Å². The van der Waals surface area contributed by atoms with Crippen molar-refractivity contribution in [3.8, 4) is 11.5 Å². The van der Waals surface area contributed by atoms with Crippen molar-refractivity contribution in [1.82, 2.24) is 0 Å². The average molecular weight is 456 g/mol. The van der Waals surface area contributed by atoms with Crippen LogP contribution >= 0.6 is 31.9 Å². The van der Waals surface area contributed by atoms with Gasteiger partial charge < -0.3 is 18.9 Å². The number of halogens is 2. The molecular formula is C18H16Br2O4. The fourth-order valence-corrected chi connectivity index (χ4v) is 3.68. The maximum Gasteiger partial charge on any atom is 0.188 e. The van der Waals surface area contributed by atoms with E-state index in [0.29, 0.717) is 0 Å². The first-order valence-electron chi connectivity index (χ1n) is 7.23. The lowest BCUT2D eigenvalue weighted by Crippen LogP contribution is -2.00. The Morgan fingerprint density at radius 2 is 1.12 bits per heavy atom. The summed E-state index contributed by atoms with van der Waals surface area (Å²) in [5.41, 5.74) is 0.